The summed E-state index contributed by atoms with van der Waals surface area (Å²) in [5.74, 6) is 0.327. The molecule has 4 heteroatoms. The first-order chi connectivity index (χ1) is 6.77. The maximum absolute atomic E-state index is 8.93. The molecule has 1 aromatic heterocycles. The third-order valence-electron chi connectivity index (χ3n) is 2.09. The van der Waals surface area contributed by atoms with Crippen LogP contribution in [0.3, 0.4) is 0 Å². The summed E-state index contributed by atoms with van der Waals surface area (Å²) >= 11 is 11.8. The fourth-order valence-electron chi connectivity index (χ4n) is 1.37. The second-order valence-corrected chi connectivity index (χ2v) is 4.49. The Balaban J connectivity index is 2.87. The topological polar surface area (TPSA) is 23.8 Å². The molecule has 0 aliphatic heterocycles. The molecule has 70 valence electrons. The number of nitrogens with zero attached hydrogens (tertiary/aromatic N) is 1. The number of nitriles is 1. The minimum absolute atomic E-state index is 0.327. The largest absolute Gasteiger partial charge is 0.192 e. The van der Waals surface area contributed by atoms with Crippen molar-refractivity contribution in [3.8, 4) is 6.07 Å². The van der Waals surface area contributed by atoms with E-state index >= 15 is 0 Å². The van der Waals surface area contributed by atoms with Gasteiger partial charge in [0.05, 0.1) is 11.6 Å². The van der Waals surface area contributed by atoms with Gasteiger partial charge < -0.3 is 0 Å². The zero-order valence-corrected chi connectivity index (χ0v) is 9.59. The highest BCUT2D eigenvalue weighted by atomic mass is 35.5. The summed E-state index contributed by atoms with van der Waals surface area (Å²) in [5, 5.41) is 12.0. The Bertz CT molecular complexity index is 525. The van der Waals surface area contributed by atoms with E-state index < -0.39 is 0 Å². The summed E-state index contributed by atoms with van der Waals surface area (Å²) in [6.07, 6.45) is 0. The number of alkyl halides is 1. The molecule has 0 fully saturated rings. The fraction of sp³-hybridized carbons (Fsp3) is 0.100. The molecule has 0 bridgehead atoms. The van der Waals surface area contributed by atoms with Gasteiger partial charge >= 0.3 is 0 Å². The molecule has 2 aromatic rings. The summed E-state index contributed by atoms with van der Waals surface area (Å²) in [6.45, 7) is 0. The van der Waals surface area contributed by atoms with Crippen molar-refractivity contribution in [1.82, 2.24) is 0 Å². The molecule has 0 aliphatic carbocycles. The van der Waals surface area contributed by atoms with Gasteiger partial charge in [-0.05, 0) is 23.1 Å². The highest BCUT2D eigenvalue weighted by Gasteiger charge is 2.10. The number of fused-ring (bicyclic) bond motifs is 1. The van der Waals surface area contributed by atoms with Crippen molar-refractivity contribution in [2.45, 2.75) is 10.8 Å². The highest BCUT2D eigenvalue weighted by molar-refractivity contribution is 7.80. The van der Waals surface area contributed by atoms with Crippen molar-refractivity contribution in [3.05, 3.63) is 28.6 Å². The predicted molar refractivity (Wildman–Crippen MR) is 63.3 cm³/mol. The van der Waals surface area contributed by atoms with Crippen LogP contribution in [-0.4, -0.2) is 0 Å². The van der Waals surface area contributed by atoms with Crippen molar-refractivity contribution in [1.29, 1.82) is 5.26 Å². The third kappa shape index (κ3) is 1.40. The molecular formula is C10H6ClNS2. The van der Waals surface area contributed by atoms with Gasteiger partial charge in [0, 0.05) is 20.9 Å². The molecule has 0 atom stereocenters. The lowest BCUT2D eigenvalue weighted by atomic mass is 10.1. The number of hydrogen-bond acceptors (Lipinski definition) is 3. The van der Waals surface area contributed by atoms with E-state index in [2.05, 4.69) is 18.7 Å². The zero-order valence-electron chi connectivity index (χ0n) is 7.12. The third-order valence-corrected chi connectivity index (χ3v) is 3.73. The van der Waals surface area contributed by atoms with E-state index in [-0.39, 0.29) is 0 Å². The number of benzene rings is 1. The first-order valence-corrected chi connectivity index (χ1v) is 5.82. The van der Waals surface area contributed by atoms with Gasteiger partial charge in [-0.15, -0.1) is 35.6 Å². The number of thiol groups is 1. The number of halogens is 1. The molecular weight excluding hydrogens is 234 g/mol. The summed E-state index contributed by atoms with van der Waals surface area (Å²) < 4.78 is 1.08. The van der Waals surface area contributed by atoms with E-state index in [0.717, 1.165) is 20.5 Å². The van der Waals surface area contributed by atoms with Crippen molar-refractivity contribution in [2.24, 2.45) is 0 Å². The van der Waals surface area contributed by atoms with Crippen molar-refractivity contribution in [3.63, 3.8) is 0 Å². The van der Waals surface area contributed by atoms with Crippen LogP contribution in [0.5, 0.6) is 0 Å². The Labute approximate surface area is 96.3 Å². The molecule has 0 aliphatic rings. The standard InChI is InChI=1S/C10H6ClNS2/c11-4-8-6(5-12)3-9-7(10(8)13)1-2-14-9/h1-3,13H,4H2. The van der Waals surface area contributed by atoms with Crippen LogP contribution in [0.1, 0.15) is 11.1 Å². The molecule has 1 heterocycles. The van der Waals surface area contributed by atoms with E-state index in [1.165, 1.54) is 0 Å². The molecule has 0 N–H and O–H groups in total. The summed E-state index contributed by atoms with van der Waals surface area (Å²) in [7, 11) is 0. The molecule has 1 nitrogen and oxygen atoms in total. The number of rotatable bonds is 1. The van der Waals surface area contributed by atoms with Crippen LogP contribution in [0.2, 0.25) is 0 Å². The minimum atomic E-state index is 0.327. The SMILES string of the molecule is N#Cc1cc2sccc2c(S)c1CCl. The second kappa shape index (κ2) is 3.82. The van der Waals surface area contributed by atoms with Gasteiger partial charge in [0.2, 0.25) is 0 Å². The van der Waals surface area contributed by atoms with Crippen LogP contribution in [0.15, 0.2) is 22.4 Å². The van der Waals surface area contributed by atoms with Crippen LogP contribution < -0.4 is 0 Å². The lowest BCUT2D eigenvalue weighted by molar-refractivity contribution is 1.28. The molecule has 14 heavy (non-hydrogen) atoms. The quantitative estimate of drug-likeness (QED) is 0.594. The lowest BCUT2D eigenvalue weighted by Gasteiger charge is -2.04. The van der Waals surface area contributed by atoms with Gasteiger partial charge in [0.1, 0.15) is 0 Å². The smallest absolute Gasteiger partial charge is 0.0995 e. The Morgan fingerprint density at radius 2 is 2.36 bits per heavy atom. The van der Waals surface area contributed by atoms with Gasteiger partial charge in [-0.25, -0.2) is 0 Å². The van der Waals surface area contributed by atoms with E-state index in [9.17, 15) is 0 Å². The molecule has 1 aromatic carbocycles. The number of thiophene rings is 1. The molecule has 0 amide bonds. The average Bonchev–Trinajstić information content (AvgIpc) is 2.65. The Hall–Kier alpha value is -0.690. The zero-order chi connectivity index (χ0) is 10.1. The summed E-state index contributed by atoms with van der Waals surface area (Å²) in [6, 6.07) is 6.01. The van der Waals surface area contributed by atoms with Crippen LogP contribution >= 0.6 is 35.6 Å². The monoisotopic (exact) mass is 239 g/mol. The molecule has 0 saturated carbocycles. The molecule has 0 spiro atoms. The van der Waals surface area contributed by atoms with E-state index in [1.807, 2.05) is 17.5 Å². The van der Waals surface area contributed by atoms with Crippen molar-refractivity contribution < 1.29 is 0 Å². The van der Waals surface area contributed by atoms with Gasteiger partial charge in [-0.3, -0.25) is 0 Å². The van der Waals surface area contributed by atoms with E-state index in [1.54, 1.807) is 11.3 Å². The lowest BCUT2D eigenvalue weighted by Crippen LogP contribution is -1.88. The Morgan fingerprint density at radius 3 is 3.00 bits per heavy atom. The van der Waals surface area contributed by atoms with E-state index in [4.69, 9.17) is 16.9 Å². The molecule has 0 unspecified atom stereocenters. The minimum Gasteiger partial charge on any atom is -0.192 e. The predicted octanol–water partition coefficient (Wildman–Crippen LogP) is 3.80. The normalized spacial score (nSPS) is 10.4. The van der Waals surface area contributed by atoms with Crippen molar-refractivity contribution >= 4 is 45.7 Å². The van der Waals surface area contributed by atoms with Gasteiger partial charge in [-0.2, -0.15) is 5.26 Å². The number of hydrogen-bond donors (Lipinski definition) is 1. The van der Waals surface area contributed by atoms with Gasteiger partial charge in [0.25, 0.3) is 0 Å². The van der Waals surface area contributed by atoms with E-state index in [0.29, 0.717) is 11.4 Å². The van der Waals surface area contributed by atoms with Crippen LogP contribution in [0.4, 0.5) is 0 Å². The maximum atomic E-state index is 8.93. The summed E-state index contributed by atoms with van der Waals surface area (Å²) in [5.41, 5.74) is 1.45. The second-order valence-electron chi connectivity index (χ2n) is 2.83. The highest BCUT2D eigenvalue weighted by Crippen LogP contribution is 2.32. The summed E-state index contributed by atoms with van der Waals surface area (Å²) in [4.78, 5) is 0.829. The van der Waals surface area contributed by atoms with Crippen molar-refractivity contribution in [2.75, 3.05) is 0 Å². The molecule has 2 rings (SSSR count). The maximum Gasteiger partial charge on any atom is 0.0995 e. The Kier molecular flexibility index (Phi) is 2.69. The first-order valence-electron chi connectivity index (χ1n) is 3.96. The average molecular weight is 240 g/mol. The fourth-order valence-corrected chi connectivity index (χ4v) is 3.05. The van der Waals surface area contributed by atoms with Crippen LogP contribution in [-0.2, 0) is 5.88 Å². The molecule has 0 saturated heterocycles. The van der Waals surface area contributed by atoms with Gasteiger partial charge in [0.15, 0.2) is 0 Å². The first kappa shape index (κ1) is 9.85. The van der Waals surface area contributed by atoms with Gasteiger partial charge in [-0.1, -0.05) is 0 Å². The molecule has 0 radical (unpaired) electrons. The Morgan fingerprint density at radius 1 is 1.57 bits per heavy atom. The van der Waals surface area contributed by atoms with Crippen LogP contribution in [0, 0.1) is 11.3 Å². The van der Waals surface area contributed by atoms with Crippen LogP contribution in [0.25, 0.3) is 10.1 Å².